The van der Waals surface area contributed by atoms with E-state index in [9.17, 15) is 9.18 Å². The SMILES string of the molecule is O=C(NC1(c2ccc(F)cc2)CC1)C1CN(c2c3c(nc4ccnn24)CCNCC3)C1. The molecule has 1 saturated heterocycles. The summed E-state index contributed by atoms with van der Waals surface area (Å²) in [6.07, 6.45) is 5.41. The van der Waals surface area contributed by atoms with Crippen molar-refractivity contribution in [1.29, 1.82) is 0 Å². The van der Waals surface area contributed by atoms with Crippen LogP contribution in [-0.2, 0) is 23.2 Å². The van der Waals surface area contributed by atoms with Crippen LogP contribution in [0.2, 0.25) is 0 Å². The van der Waals surface area contributed by atoms with Gasteiger partial charge in [0, 0.05) is 37.7 Å². The topological polar surface area (TPSA) is 74.6 Å². The molecular formula is C23H25FN6O. The van der Waals surface area contributed by atoms with Gasteiger partial charge in [-0.05, 0) is 43.5 Å². The van der Waals surface area contributed by atoms with Crippen LogP contribution in [0.1, 0.15) is 29.7 Å². The van der Waals surface area contributed by atoms with Crippen molar-refractivity contribution in [1.82, 2.24) is 25.2 Å². The molecule has 8 heteroatoms. The Bertz CT molecular complexity index is 1150. The van der Waals surface area contributed by atoms with E-state index in [0.29, 0.717) is 13.1 Å². The third kappa shape index (κ3) is 3.17. The minimum absolute atomic E-state index is 0.0590. The fourth-order valence-electron chi connectivity index (χ4n) is 4.87. The van der Waals surface area contributed by atoms with Crippen LogP contribution in [0.15, 0.2) is 36.5 Å². The molecule has 2 aromatic heterocycles. The monoisotopic (exact) mass is 420 g/mol. The summed E-state index contributed by atoms with van der Waals surface area (Å²) >= 11 is 0. The van der Waals surface area contributed by atoms with Crippen LogP contribution in [0, 0.1) is 11.7 Å². The van der Waals surface area contributed by atoms with Crippen molar-refractivity contribution < 1.29 is 9.18 Å². The van der Waals surface area contributed by atoms with Crippen molar-refractivity contribution in [3.8, 4) is 0 Å². The van der Waals surface area contributed by atoms with E-state index in [0.717, 1.165) is 61.5 Å². The average Bonchev–Trinajstić information content (AvgIpc) is 3.41. The minimum atomic E-state index is -0.320. The number of hydrogen-bond acceptors (Lipinski definition) is 5. The van der Waals surface area contributed by atoms with Gasteiger partial charge in [0.05, 0.1) is 23.3 Å². The Morgan fingerprint density at radius 3 is 2.68 bits per heavy atom. The van der Waals surface area contributed by atoms with Gasteiger partial charge in [0.2, 0.25) is 5.91 Å². The lowest BCUT2D eigenvalue weighted by molar-refractivity contribution is -0.126. The second kappa shape index (κ2) is 7.02. The highest BCUT2D eigenvalue weighted by Crippen LogP contribution is 2.46. The molecular weight excluding hydrogens is 395 g/mol. The van der Waals surface area contributed by atoms with E-state index in [1.54, 1.807) is 18.3 Å². The quantitative estimate of drug-likeness (QED) is 0.673. The molecule has 1 aromatic carbocycles. The van der Waals surface area contributed by atoms with Crippen LogP contribution < -0.4 is 15.5 Å². The number of rotatable bonds is 4. The Morgan fingerprint density at radius 2 is 1.90 bits per heavy atom. The molecule has 2 fully saturated rings. The Balaban J connectivity index is 1.20. The zero-order valence-corrected chi connectivity index (χ0v) is 17.3. The highest BCUT2D eigenvalue weighted by Gasteiger charge is 2.48. The van der Waals surface area contributed by atoms with Crippen LogP contribution in [-0.4, -0.2) is 46.7 Å². The molecule has 3 aliphatic rings. The van der Waals surface area contributed by atoms with Gasteiger partial charge in [-0.3, -0.25) is 4.79 Å². The summed E-state index contributed by atoms with van der Waals surface area (Å²) in [7, 11) is 0. The van der Waals surface area contributed by atoms with Crippen molar-refractivity contribution in [3.05, 3.63) is 59.2 Å². The van der Waals surface area contributed by atoms with Gasteiger partial charge in [-0.1, -0.05) is 12.1 Å². The molecule has 0 unspecified atom stereocenters. The number of carbonyl (C=O) groups excluding carboxylic acids is 1. The smallest absolute Gasteiger partial charge is 0.227 e. The molecule has 4 heterocycles. The molecule has 6 rings (SSSR count). The molecule has 2 aliphatic heterocycles. The Hall–Kier alpha value is -3.00. The second-order valence-corrected chi connectivity index (χ2v) is 8.89. The normalized spacial score (nSPS) is 20.1. The summed E-state index contributed by atoms with van der Waals surface area (Å²) in [6.45, 7) is 3.20. The molecule has 0 atom stereocenters. The standard InChI is InChI=1S/C23H25FN6O/c24-17-3-1-16(2-4-17)23(8-9-23)28-21(31)15-13-29(14-15)22-18-5-10-25-11-6-19(18)27-20-7-12-26-30(20)22/h1-4,7,12,15,25H,5-6,8-11,13-14H2,(H,28,31). The van der Waals surface area contributed by atoms with E-state index in [4.69, 9.17) is 4.98 Å². The van der Waals surface area contributed by atoms with Gasteiger partial charge in [-0.25, -0.2) is 9.37 Å². The Morgan fingerprint density at radius 1 is 1.13 bits per heavy atom. The Kier molecular flexibility index (Phi) is 4.24. The van der Waals surface area contributed by atoms with Crippen LogP contribution in [0.4, 0.5) is 10.2 Å². The Labute approximate surface area is 179 Å². The van der Waals surface area contributed by atoms with E-state index in [1.807, 2.05) is 10.6 Å². The van der Waals surface area contributed by atoms with Crippen molar-refractivity contribution in [2.45, 2.75) is 31.2 Å². The lowest BCUT2D eigenvalue weighted by Crippen LogP contribution is -2.56. The van der Waals surface area contributed by atoms with Crippen LogP contribution >= 0.6 is 0 Å². The molecule has 31 heavy (non-hydrogen) atoms. The highest BCUT2D eigenvalue weighted by molar-refractivity contribution is 5.83. The number of amides is 1. The van der Waals surface area contributed by atoms with Gasteiger partial charge < -0.3 is 15.5 Å². The number of anilines is 1. The van der Waals surface area contributed by atoms with Gasteiger partial charge >= 0.3 is 0 Å². The number of fused-ring (bicyclic) bond motifs is 2. The van der Waals surface area contributed by atoms with Gasteiger partial charge in [-0.2, -0.15) is 9.61 Å². The minimum Gasteiger partial charge on any atom is -0.354 e. The summed E-state index contributed by atoms with van der Waals surface area (Å²) in [5.74, 6) is 0.849. The number of benzene rings is 1. The number of aromatic nitrogens is 3. The second-order valence-electron chi connectivity index (χ2n) is 8.89. The number of hydrogen-bond donors (Lipinski definition) is 2. The van der Waals surface area contributed by atoms with Crippen molar-refractivity contribution >= 4 is 17.4 Å². The molecule has 1 aliphatic carbocycles. The summed E-state index contributed by atoms with van der Waals surface area (Å²) in [6, 6.07) is 8.43. The maximum Gasteiger partial charge on any atom is 0.227 e. The molecule has 0 radical (unpaired) electrons. The molecule has 1 amide bonds. The number of nitrogens with zero attached hydrogens (tertiary/aromatic N) is 4. The third-order valence-corrected chi connectivity index (χ3v) is 6.84. The molecule has 3 aromatic rings. The van der Waals surface area contributed by atoms with Crippen molar-refractivity contribution in [2.75, 3.05) is 31.1 Å². The lowest BCUT2D eigenvalue weighted by Gasteiger charge is -2.41. The van der Waals surface area contributed by atoms with Crippen LogP contribution in [0.5, 0.6) is 0 Å². The third-order valence-electron chi connectivity index (χ3n) is 6.84. The summed E-state index contributed by atoms with van der Waals surface area (Å²) in [5, 5.41) is 11.2. The van der Waals surface area contributed by atoms with Crippen LogP contribution in [0.3, 0.4) is 0 Å². The van der Waals surface area contributed by atoms with Gasteiger partial charge in [0.1, 0.15) is 11.6 Å². The zero-order valence-electron chi connectivity index (χ0n) is 17.3. The van der Waals surface area contributed by atoms with Crippen LogP contribution in [0.25, 0.3) is 5.65 Å². The average molecular weight is 420 g/mol. The molecule has 160 valence electrons. The molecule has 0 bridgehead atoms. The van der Waals surface area contributed by atoms with Gasteiger partial charge in [0.15, 0.2) is 5.65 Å². The molecule has 2 N–H and O–H groups in total. The van der Waals surface area contributed by atoms with E-state index in [-0.39, 0.29) is 23.2 Å². The van der Waals surface area contributed by atoms with E-state index in [2.05, 4.69) is 20.6 Å². The summed E-state index contributed by atoms with van der Waals surface area (Å²) in [4.78, 5) is 20.1. The van der Waals surface area contributed by atoms with Crippen molar-refractivity contribution in [3.63, 3.8) is 0 Å². The van der Waals surface area contributed by atoms with E-state index in [1.165, 1.54) is 17.7 Å². The van der Waals surface area contributed by atoms with Crippen molar-refractivity contribution in [2.24, 2.45) is 5.92 Å². The molecule has 0 spiro atoms. The first-order chi connectivity index (χ1) is 15.1. The van der Waals surface area contributed by atoms with Gasteiger partial charge in [0.25, 0.3) is 0 Å². The predicted octanol–water partition coefficient (Wildman–Crippen LogP) is 1.80. The first kappa shape index (κ1) is 18.7. The largest absolute Gasteiger partial charge is 0.354 e. The maximum absolute atomic E-state index is 13.3. The number of carbonyl (C=O) groups is 1. The fourth-order valence-corrected chi connectivity index (χ4v) is 4.87. The van der Waals surface area contributed by atoms with E-state index < -0.39 is 0 Å². The van der Waals surface area contributed by atoms with Gasteiger partial charge in [-0.15, -0.1) is 0 Å². The maximum atomic E-state index is 13.3. The fraction of sp³-hybridized carbons (Fsp3) is 0.435. The molecule has 1 saturated carbocycles. The summed E-state index contributed by atoms with van der Waals surface area (Å²) < 4.78 is 15.2. The predicted molar refractivity (Wildman–Crippen MR) is 114 cm³/mol. The zero-order chi connectivity index (χ0) is 21.0. The number of nitrogens with one attached hydrogen (secondary N) is 2. The number of halogens is 1. The first-order valence-corrected chi connectivity index (χ1v) is 11.0. The highest BCUT2D eigenvalue weighted by atomic mass is 19.1. The molecule has 7 nitrogen and oxygen atoms in total. The lowest BCUT2D eigenvalue weighted by atomic mass is 9.95. The summed E-state index contributed by atoms with van der Waals surface area (Å²) in [5.41, 5.74) is 3.90. The van der Waals surface area contributed by atoms with E-state index >= 15 is 0 Å². The first-order valence-electron chi connectivity index (χ1n) is 11.0.